The summed E-state index contributed by atoms with van der Waals surface area (Å²) in [6.07, 6.45) is 0. The maximum Gasteiger partial charge on any atom is 0.256 e. The van der Waals surface area contributed by atoms with Gasteiger partial charge in [0, 0.05) is 56.8 Å². The number of hydrogen-bond acceptors (Lipinski definition) is 6. The van der Waals surface area contributed by atoms with Crippen LogP contribution in [0.2, 0.25) is 0 Å². The van der Waals surface area contributed by atoms with Gasteiger partial charge in [0.2, 0.25) is 5.91 Å². The van der Waals surface area contributed by atoms with Gasteiger partial charge < -0.3 is 29.5 Å². The van der Waals surface area contributed by atoms with E-state index in [2.05, 4.69) is 10.2 Å². The molecule has 3 aromatic rings. The van der Waals surface area contributed by atoms with Crippen LogP contribution in [0.5, 0.6) is 5.75 Å². The molecule has 4 rings (SSSR count). The Labute approximate surface area is 233 Å². The molecule has 3 amide bonds. The Kier molecular flexibility index (Phi) is 9.69. The second kappa shape index (κ2) is 13.6. The number of nitrogens with one attached hydrogen (secondary N) is 1. The quantitative estimate of drug-likeness (QED) is 0.417. The topological polar surface area (TPSA) is 91.4 Å². The summed E-state index contributed by atoms with van der Waals surface area (Å²) in [4.78, 5) is 43.8. The van der Waals surface area contributed by atoms with Gasteiger partial charge in [-0.25, -0.2) is 4.39 Å². The highest BCUT2D eigenvalue weighted by molar-refractivity contribution is 5.99. The first kappa shape index (κ1) is 28.6. The first-order valence-electron chi connectivity index (χ1n) is 13.0. The maximum atomic E-state index is 14.0. The Morgan fingerprint density at radius 3 is 2.20 bits per heavy atom. The third-order valence-electron chi connectivity index (χ3n) is 6.71. The zero-order valence-electron chi connectivity index (χ0n) is 22.6. The van der Waals surface area contributed by atoms with Crippen LogP contribution in [0.15, 0.2) is 72.8 Å². The normalized spacial score (nSPS) is 13.1. The molecule has 9 nitrogen and oxygen atoms in total. The largest absolute Gasteiger partial charge is 0.497 e. The molecule has 0 saturated carbocycles. The van der Waals surface area contributed by atoms with Crippen molar-refractivity contribution in [1.82, 2.24) is 9.80 Å². The molecule has 0 aromatic heterocycles. The fourth-order valence-corrected chi connectivity index (χ4v) is 4.47. The lowest BCUT2D eigenvalue weighted by Gasteiger charge is -2.36. The summed E-state index contributed by atoms with van der Waals surface area (Å²) in [6.45, 7) is 2.59. The van der Waals surface area contributed by atoms with Crippen molar-refractivity contribution in [3.63, 3.8) is 0 Å². The number of anilines is 2. The summed E-state index contributed by atoms with van der Waals surface area (Å²) < 4.78 is 24.3. The lowest BCUT2D eigenvalue weighted by molar-refractivity contribution is -0.117. The Balaban J connectivity index is 1.31. The molecule has 0 spiro atoms. The molecule has 0 radical (unpaired) electrons. The molecule has 0 atom stereocenters. The van der Waals surface area contributed by atoms with E-state index in [1.165, 1.54) is 17.0 Å². The van der Waals surface area contributed by atoms with Gasteiger partial charge in [-0.15, -0.1) is 0 Å². The Bertz CT molecular complexity index is 1310. The molecule has 0 bridgehead atoms. The maximum absolute atomic E-state index is 14.0. The first-order valence-corrected chi connectivity index (χ1v) is 13.0. The number of rotatable bonds is 10. The van der Waals surface area contributed by atoms with Crippen molar-refractivity contribution < 1.29 is 28.2 Å². The number of hydrogen-bond donors (Lipinski definition) is 1. The van der Waals surface area contributed by atoms with E-state index in [0.717, 1.165) is 5.69 Å². The number of carbonyl (C=O) groups is 3. The molecule has 0 unspecified atom stereocenters. The van der Waals surface area contributed by atoms with Gasteiger partial charge in [0.25, 0.3) is 11.8 Å². The minimum Gasteiger partial charge on any atom is -0.497 e. The van der Waals surface area contributed by atoms with E-state index in [9.17, 15) is 18.8 Å². The third-order valence-corrected chi connectivity index (χ3v) is 6.71. The number of methoxy groups -OCH3 is 2. The molecule has 210 valence electrons. The van der Waals surface area contributed by atoms with Crippen molar-refractivity contribution >= 4 is 29.1 Å². The Morgan fingerprint density at radius 2 is 1.57 bits per heavy atom. The third kappa shape index (κ3) is 7.15. The number of halogens is 1. The molecule has 1 fully saturated rings. The van der Waals surface area contributed by atoms with Gasteiger partial charge in [0.15, 0.2) is 0 Å². The summed E-state index contributed by atoms with van der Waals surface area (Å²) in [5.74, 6) is -0.789. The molecule has 1 aliphatic rings. The van der Waals surface area contributed by atoms with Gasteiger partial charge in [0.05, 0.1) is 19.3 Å². The lowest BCUT2D eigenvalue weighted by Crippen LogP contribution is -2.49. The highest BCUT2D eigenvalue weighted by atomic mass is 19.1. The van der Waals surface area contributed by atoms with Crippen molar-refractivity contribution in [3.05, 3.63) is 89.7 Å². The van der Waals surface area contributed by atoms with Crippen molar-refractivity contribution in [2.45, 2.75) is 0 Å². The van der Waals surface area contributed by atoms with Crippen LogP contribution in [0, 0.1) is 5.82 Å². The standard InChI is InChI=1S/C30H33FN4O5/c1-39-20-19-35(29(37)22-7-13-25(40-2)14-8-22)21-28(36)32-23-9-11-24(12-10-23)33-15-17-34(18-16-33)30(38)26-5-3-4-6-27(26)31/h3-14H,15-21H2,1-2H3,(H,32,36). The summed E-state index contributed by atoms with van der Waals surface area (Å²) in [7, 11) is 3.09. The predicted octanol–water partition coefficient (Wildman–Crippen LogP) is 3.52. The molecular weight excluding hydrogens is 515 g/mol. The van der Waals surface area contributed by atoms with E-state index in [-0.39, 0.29) is 36.4 Å². The number of ether oxygens (including phenoxy) is 2. The van der Waals surface area contributed by atoms with E-state index < -0.39 is 5.82 Å². The van der Waals surface area contributed by atoms with E-state index in [0.29, 0.717) is 49.8 Å². The van der Waals surface area contributed by atoms with Crippen LogP contribution in [0.25, 0.3) is 0 Å². The van der Waals surface area contributed by atoms with Crippen LogP contribution in [0.4, 0.5) is 15.8 Å². The number of piperazine rings is 1. The van der Waals surface area contributed by atoms with Crippen LogP contribution in [-0.2, 0) is 9.53 Å². The molecule has 0 aliphatic carbocycles. The van der Waals surface area contributed by atoms with Gasteiger partial charge in [-0.2, -0.15) is 0 Å². The smallest absolute Gasteiger partial charge is 0.256 e. The summed E-state index contributed by atoms with van der Waals surface area (Å²) in [5, 5.41) is 2.85. The summed E-state index contributed by atoms with van der Waals surface area (Å²) in [6, 6.07) is 20.1. The van der Waals surface area contributed by atoms with Gasteiger partial charge in [-0.05, 0) is 60.7 Å². The zero-order chi connectivity index (χ0) is 28.5. The Morgan fingerprint density at radius 1 is 0.900 bits per heavy atom. The van der Waals surface area contributed by atoms with Crippen molar-refractivity contribution in [2.75, 3.05) is 70.3 Å². The molecule has 3 aromatic carbocycles. The van der Waals surface area contributed by atoms with E-state index >= 15 is 0 Å². The fourth-order valence-electron chi connectivity index (χ4n) is 4.47. The van der Waals surface area contributed by atoms with Crippen LogP contribution in [0.3, 0.4) is 0 Å². The molecular formula is C30H33FN4O5. The molecule has 1 heterocycles. The SMILES string of the molecule is COCCN(CC(=O)Nc1ccc(N2CCN(C(=O)c3ccccc3F)CC2)cc1)C(=O)c1ccc(OC)cc1. The monoisotopic (exact) mass is 548 g/mol. The van der Waals surface area contributed by atoms with Crippen LogP contribution in [-0.4, -0.2) is 87.6 Å². The van der Waals surface area contributed by atoms with E-state index in [1.54, 1.807) is 67.7 Å². The fraction of sp³-hybridized carbons (Fsp3) is 0.300. The average molecular weight is 549 g/mol. The molecule has 1 N–H and O–H groups in total. The Hall–Kier alpha value is -4.44. The second-order valence-electron chi connectivity index (χ2n) is 9.30. The summed E-state index contributed by atoms with van der Waals surface area (Å²) >= 11 is 0. The first-order chi connectivity index (χ1) is 19.4. The lowest BCUT2D eigenvalue weighted by atomic mass is 10.1. The van der Waals surface area contributed by atoms with Crippen LogP contribution >= 0.6 is 0 Å². The average Bonchev–Trinajstić information content (AvgIpc) is 2.99. The van der Waals surface area contributed by atoms with E-state index in [1.807, 2.05) is 12.1 Å². The predicted molar refractivity (Wildman–Crippen MR) is 150 cm³/mol. The molecule has 1 aliphatic heterocycles. The van der Waals surface area contributed by atoms with Crippen molar-refractivity contribution in [1.29, 1.82) is 0 Å². The highest BCUT2D eigenvalue weighted by Gasteiger charge is 2.24. The van der Waals surface area contributed by atoms with E-state index in [4.69, 9.17) is 9.47 Å². The van der Waals surface area contributed by atoms with Crippen LogP contribution in [0.1, 0.15) is 20.7 Å². The van der Waals surface area contributed by atoms with Gasteiger partial charge in [-0.1, -0.05) is 12.1 Å². The number of amides is 3. The zero-order valence-corrected chi connectivity index (χ0v) is 22.6. The van der Waals surface area contributed by atoms with Crippen molar-refractivity contribution in [3.8, 4) is 5.75 Å². The van der Waals surface area contributed by atoms with Gasteiger partial charge >= 0.3 is 0 Å². The number of benzene rings is 3. The minimum absolute atomic E-state index is 0.0857. The number of nitrogens with zero attached hydrogens (tertiary/aromatic N) is 3. The highest BCUT2D eigenvalue weighted by Crippen LogP contribution is 2.21. The summed E-state index contributed by atoms with van der Waals surface area (Å²) in [5.41, 5.74) is 2.09. The number of carbonyl (C=O) groups excluding carboxylic acids is 3. The second-order valence-corrected chi connectivity index (χ2v) is 9.30. The van der Waals surface area contributed by atoms with Crippen LogP contribution < -0.4 is 15.0 Å². The molecule has 40 heavy (non-hydrogen) atoms. The van der Waals surface area contributed by atoms with Gasteiger partial charge in [0.1, 0.15) is 18.1 Å². The minimum atomic E-state index is -0.514. The van der Waals surface area contributed by atoms with Crippen molar-refractivity contribution in [2.24, 2.45) is 0 Å². The molecule has 1 saturated heterocycles. The molecule has 10 heteroatoms. The van der Waals surface area contributed by atoms with Gasteiger partial charge in [-0.3, -0.25) is 14.4 Å².